The lowest BCUT2D eigenvalue weighted by atomic mass is 9.68. The Hall–Kier alpha value is -1.22. The van der Waals surface area contributed by atoms with E-state index in [0.717, 1.165) is 11.3 Å². The van der Waals surface area contributed by atoms with Gasteiger partial charge in [-0.25, -0.2) is 0 Å². The first-order valence-corrected chi connectivity index (χ1v) is 14.1. The smallest absolute Gasteiger partial charge is 0.0404 e. The zero-order chi connectivity index (χ0) is 21.8. The van der Waals surface area contributed by atoms with Gasteiger partial charge in [-0.15, -0.1) is 0 Å². The van der Waals surface area contributed by atoms with Crippen LogP contribution in [0.4, 0.5) is 11.4 Å². The molecule has 4 aliphatic rings. The van der Waals surface area contributed by atoms with Crippen LogP contribution in [0.3, 0.4) is 0 Å². The summed E-state index contributed by atoms with van der Waals surface area (Å²) in [5.74, 6) is 0.777. The van der Waals surface area contributed by atoms with Crippen LogP contribution in [0.2, 0.25) is 0 Å². The molecule has 0 unspecified atom stereocenters. The van der Waals surface area contributed by atoms with Crippen LogP contribution < -0.4 is 9.80 Å². The zero-order valence-electron chi connectivity index (χ0n) is 20.8. The highest BCUT2D eigenvalue weighted by Crippen LogP contribution is 2.53. The van der Waals surface area contributed by atoms with Gasteiger partial charge in [0.25, 0.3) is 0 Å². The zero-order valence-corrected chi connectivity index (χ0v) is 20.8. The summed E-state index contributed by atoms with van der Waals surface area (Å²) < 4.78 is 0. The molecule has 2 saturated carbocycles. The first-order chi connectivity index (χ1) is 15.8. The van der Waals surface area contributed by atoms with Gasteiger partial charge in [-0.2, -0.15) is 0 Å². The van der Waals surface area contributed by atoms with Crippen LogP contribution in [0.1, 0.15) is 102 Å². The van der Waals surface area contributed by atoms with Crippen molar-refractivity contribution in [3.05, 3.63) is 23.8 Å². The van der Waals surface area contributed by atoms with E-state index in [1.807, 2.05) is 0 Å². The minimum absolute atomic E-state index is 0.728. The molecule has 2 heterocycles. The maximum absolute atomic E-state index is 2.73. The minimum atomic E-state index is 0.728. The number of hydrogen-bond donors (Lipinski definition) is 0. The van der Waals surface area contributed by atoms with Crippen molar-refractivity contribution in [2.45, 2.75) is 96.3 Å². The van der Waals surface area contributed by atoms with Gasteiger partial charge in [0.2, 0.25) is 0 Å². The normalized spacial score (nSPS) is 25.0. The predicted molar refractivity (Wildman–Crippen MR) is 138 cm³/mol. The highest BCUT2D eigenvalue weighted by Gasteiger charge is 2.38. The first-order valence-electron chi connectivity index (χ1n) is 14.1. The molecule has 0 N–H and O–H groups in total. The van der Waals surface area contributed by atoms with E-state index in [9.17, 15) is 0 Å². The molecule has 0 atom stereocenters. The van der Waals surface area contributed by atoms with E-state index in [1.165, 1.54) is 135 Å². The van der Waals surface area contributed by atoms with E-state index in [0.29, 0.717) is 0 Å². The minimum Gasteiger partial charge on any atom is -0.372 e. The molecule has 1 spiro atoms. The van der Waals surface area contributed by atoms with Crippen LogP contribution in [-0.2, 0) is 0 Å². The van der Waals surface area contributed by atoms with Crippen LogP contribution in [0.15, 0.2) is 18.2 Å². The van der Waals surface area contributed by atoms with Gasteiger partial charge in [-0.1, -0.05) is 26.2 Å². The van der Waals surface area contributed by atoms with Gasteiger partial charge < -0.3 is 9.80 Å². The van der Waals surface area contributed by atoms with Crippen molar-refractivity contribution in [2.24, 2.45) is 5.41 Å². The molecule has 2 saturated heterocycles. The van der Waals surface area contributed by atoms with Gasteiger partial charge >= 0.3 is 0 Å². The number of rotatable bonds is 6. The molecule has 2 aliphatic heterocycles. The molecule has 178 valence electrons. The predicted octanol–water partition coefficient (Wildman–Crippen LogP) is 6.82. The fraction of sp³-hybridized carbons (Fsp3) is 0.793. The number of anilines is 2. The van der Waals surface area contributed by atoms with Crippen LogP contribution in [-0.4, -0.2) is 50.7 Å². The molecule has 4 fully saturated rings. The largest absolute Gasteiger partial charge is 0.372 e. The molecule has 0 radical (unpaired) electrons. The average molecular weight is 438 g/mol. The number of piperazine rings is 1. The molecular weight excluding hydrogens is 390 g/mol. The molecular formula is C29H47N3. The standard InChI is InChI=1S/C29H47N3/c1-2-3-17-30-20-22-32(23-21-30)28-10-9-26(31-18-7-4-8-19-31)24-27(28)25-11-15-29(16-12-25)13-5-6-14-29/h9-10,24-25H,2-8,11-23H2,1H3. The maximum Gasteiger partial charge on any atom is 0.0404 e. The topological polar surface area (TPSA) is 9.72 Å². The van der Waals surface area contributed by atoms with Crippen molar-refractivity contribution >= 4 is 11.4 Å². The molecule has 3 heteroatoms. The van der Waals surface area contributed by atoms with E-state index >= 15 is 0 Å². The van der Waals surface area contributed by atoms with Gasteiger partial charge in [-0.3, -0.25) is 4.90 Å². The molecule has 1 aromatic carbocycles. The lowest BCUT2D eigenvalue weighted by molar-refractivity contribution is 0.181. The van der Waals surface area contributed by atoms with Crippen molar-refractivity contribution in [1.82, 2.24) is 4.90 Å². The lowest BCUT2D eigenvalue weighted by Crippen LogP contribution is -2.47. The third kappa shape index (κ3) is 4.98. The van der Waals surface area contributed by atoms with Crippen LogP contribution in [0, 0.1) is 5.41 Å². The lowest BCUT2D eigenvalue weighted by Gasteiger charge is -2.41. The summed E-state index contributed by atoms with van der Waals surface area (Å²) in [6.45, 7) is 11.0. The summed E-state index contributed by atoms with van der Waals surface area (Å²) in [5.41, 5.74) is 5.51. The van der Waals surface area contributed by atoms with Crippen LogP contribution in [0.5, 0.6) is 0 Å². The second-order valence-corrected chi connectivity index (χ2v) is 11.5. The summed E-state index contributed by atoms with van der Waals surface area (Å²) in [7, 11) is 0. The number of hydrogen-bond acceptors (Lipinski definition) is 3. The average Bonchev–Trinajstić information content (AvgIpc) is 3.31. The van der Waals surface area contributed by atoms with Gasteiger partial charge in [0.15, 0.2) is 0 Å². The van der Waals surface area contributed by atoms with E-state index < -0.39 is 0 Å². The maximum atomic E-state index is 2.73. The van der Waals surface area contributed by atoms with Crippen molar-refractivity contribution < 1.29 is 0 Å². The summed E-state index contributed by atoms with van der Waals surface area (Å²) in [6.07, 6.45) is 18.6. The van der Waals surface area contributed by atoms with Crippen LogP contribution in [0.25, 0.3) is 0 Å². The van der Waals surface area contributed by atoms with E-state index in [-0.39, 0.29) is 0 Å². The van der Waals surface area contributed by atoms with Gasteiger partial charge in [0, 0.05) is 50.6 Å². The fourth-order valence-electron chi connectivity index (χ4n) is 7.27. The Morgan fingerprint density at radius 2 is 1.50 bits per heavy atom. The van der Waals surface area contributed by atoms with Crippen molar-refractivity contribution in [3.8, 4) is 0 Å². The summed E-state index contributed by atoms with van der Waals surface area (Å²) in [4.78, 5) is 8.09. The molecule has 5 rings (SSSR count). The molecule has 0 bridgehead atoms. The highest BCUT2D eigenvalue weighted by molar-refractivity contribution is 5.63. The van der Waals surface area contributed by atoms with Gasteiger partial charge in [0.1, 0.15) is 0 Å². The molecule has 0 aromatic heterocycles. The van der Waals surface area contributed by atoms with Gasteiger partial charge in [-0.05, 0) is 106 Å². The molecule has 2 aliphatic carbocycles. The second kappa shape index (κ2) is 10.4. The Morgan fingerprint density at radius 3 is 2.19 bits per heavy atom. The Labute approximate surface area is 197 Å². The van der Waals surface area contributed by atoms with Crippen LogP contribution >= 0.6 is 0 Å². The summed E-state index contributed by atoms with van der Waals surface area (Å²) in [5, 5.41) is 0. The van der Waals surface area contributed by atoms with Gasteiger partial charge in [0.05, 0.1) is 0 Å². The van der Waals surface area contributed by atoms with Crippen molar-refractivity contribution in [1.29, 1.82) is 0 Å². The molecule has 1 aromatic rings. The summed E-state index contributed by atoms with van der Waals surface area (Å²) >= 11 is 0. The van der Waals surface area contributed by atoms with E-state index in [4.69, 9.17) is 0 Å². The number of unbranched alkanes of at least 4 members (excludes halogenated alkanes) is 1. The Balaban J connectivity index is 1.34. The SMILES string of the molecule is CCCCN1CCN(c2ccc(N3CCCCC3)cc2C2CCC3(CCCC3)CC2)CC1. The number of nitrogens with zero attached hydrogens (tertiary/aromatic N) is 3. The first kappa shape index (κ1) is 22.6. The highest BCUT2D eigenvalue weighted by atomic mass is 15.3. The monoisotopic (exact) mass is 437 g/mol. The van der Waals surface area contributed by atoms with Crippen molar-refractivity contribution in [3.63, 3.8) is 0 Å². The number of benzene rings is 1. The Morgan fingerprint density at radius 1 is 0.781 bits per heavy atom. The number of piperidine rings is 1. The van der Waals surface area contributed by atoms with E-state index in [1.54, 1.807) is 11.3 Å². The quantitative estimate of drug-likeness (QED) is 0.483. The Kier molecular flexibility index (Phi) is 7.31. The second-order valence-electron chi connectivity index (χ2n) is 11.5. The van der Waals surface area contributed by atoms with Crippen molar-refractivity contribution in [2.75, 3.05) is 55.6 Å². The van der Waals surface area contributed by atoms with E-state index in [2.05, 4.69) is 39.8 Å². The molecule has 32 heavy (non-hydrogen) atoms. The molecule has 3 nitrogen and oxygen atoms in total. The fourth-order valence-corrected chi connectivity index (χ4v) is 7.27. The Bertz CT molecular complexity index is 714. The summed E-state index contributed by atoms with van der Waals surface area (Å²) in [6, 6.07) is 7.61. The third-order valence-corrected chi connectivity index (χ3v) is 9.42. The molecule has 0 amide bonds. The third-order valence-electron chi connectivity index (χ3n) is 9.42.